The van der Waals surface area contributed by atoms with Crippen LogP contribution in [0.15, 0.2) is 24.3 Å². The molecule has 4 heteroatoms. The van der Waals surface area contributed by atoms with Crippen LogP contribution in [0.2, 0.25) is 0 Å². The Hall–Kier alpha value is -1.55. The van der Waals surface area contributed by atoms with Crippen molar-refractivity contribution in [1.82, 2.24) is 5.32 Å². The molecule has 1 aromatic carbocycles. The third-order valence-electron chi connectivity index (χ3n) is 4.08. The summed E-state index contributed by atoms with van der Waals surface area (Å²) in [6.45, 7) is 0.661. The van der Waals surface area contributed by atoms with Gasteiger partial charge < -0.3 is 16.2 Å². The molecule has 1 fully saturated rings. The van der Waals surface area contributed by atoms with Crippen molar-refractivity contribution in [3.05, 3.63) is 29.8 Å². The zero-order valence-electron chi connectivity index (χ0n) is 11.2. The van der Waals surface area contributed by atoms with Crippen molar-refractivity contribution < 1.29 is 9.90 Å². The van der Waals surface area contributed by atoms with Crippen LogP contribution < -0.4 is 11.1 Å². The first kappa shape index (κ1) is 13.9. The third-order valence-corrected chi connectivity index (χ3v) is 4.08. The van der Waals surface area contributed by atoms with Crippen molar-refractivity contribution in [2.75, 3.05) is 18.9 Å². The molecule has 0 atom stereocenters. The monoisotopic (exact) mass is 262 g/mol. The number of nitrogens with two attached hydrogens (primary N) is 1. The van der Waals surface area contributed by atoms with Gasteiger partial charge in [-0.2, -0.15) is 0 Å². The molecule has 0 bridgehead atoms. The van der Waals surface area contributed by atoms with Crippen LogP contribution >= 0.6 is 0 Å². The van der Waals surface area contributed by atoms with Crippen LogP contribution in [0.5, 0.6) is 0 Å². The minimum absolute atomic E-state index is 0.136. The summed E-state index contributed by atoms with van der Waals surface area (Å²) in [5.74, 6) is -0.156. The molecule has 4 nitrogen and oxygen atoms in total. The summed E-state index contributed by atoms with van der Waals surface area (Å²) in [6.07, 6.45) is 5.44. The number of aliphatic hydroxyl groups excluding tert-OH is 1. The number of aliphatic hydroxyl groups is 1. The van der Waals surface area contributed by atoms with Crippen molar-refractivity contribution in [3.63, 3.8) is 0 Å². The quantitative estimate of drug-likeness (QED) is 0.726. The Morgan fingerprint density at radius 3 is 2.58 bits per heavy atom. The Labute approximate surface area is 114 Å². The van der Waals surface area contributed by atoms with Crippen LogP contribution in [0.25, 0.3) is 0 Å². The maximum Gasteiger partial charge on any atom is 0.253 e. The molecule has 0 spiro atoms. The molecule has 1 amide bonds. The zero-order chi connectivity index (χ0) is 13.7. The molecule has 1 aliphatic carbocycles. The van der Waals surface area contributed by atoms with E-state index in [1.165, 1.54) is 6.42 Å². The molecule has 0 unspecified atom stereocenters. The SMILES string of the molecule is Nc1ccccc1C(=O)NCC1(CO)CCCCC1. The first-order valence-electron chi connectivity index (χ1n) is 6.90. The second-order valence-corrected chi connectivity index (χ2v) is 5.49. The second-order valence-electron chi connectivity index (χ2n) is 5.49. The summed E-state index contributed by atoms with van der Waals surface area (Å²) < 4.78 is 0. The predicted molar refractivity (Wildman–Crippen MR) is 75.8 cm³/mol. The standard InChI is InChI=1S/C15H22N2O2/c16-13-7-3-2-6-12(13)14(19)17-10-15(11-18)8-4-1-5-9-15/h2-3,6-7,18H,1,4-5,8-11,16H2,(H,17,19). The Kier molecular flexibility index (Phi) is 4.43. The van der Waals surface area contributed by atoms with E-state index in [-0.39, 0.29) is 17.9 Å². The fraction of sp³-hybridized carbons (Fsp3) is 0.533. The van der Waals surface area contributed by atoms with Gasteiger partial charge in [0.1, 0.15) is 0 Å². The number of benzene rings is 1. The van der Waals surface area contributed by atoms with Crippen molar-refractivity contribution in [2.24, 2.45) is 5.41 Å². The predicted octanol–water partition coefficient (Wildman–Crippen LogP) is 1.94. The summed E-state index contributed by atoms with van der Waals surface area (Å²) in [7, 11) is 0. The topological polar surface area (TPSA) is 75.4 Å². The van der Waals surface area contributed by atoms with E-state index < -0.39 is 0 Å². The lowest BCUT2D eigenvalue weighted by Gasteiger charge is -2.35. The van der Waals surface area contributed by atoms with Crippen molar-refractivity contribution >= 4 is 11.6 Å². The van der Waals surface area contributed by atoms with Gasteiger partial charge in [0.25, 0.3) is 5.91 Å². The highest BCUT2D eigenvalue weighted by Gasteiger charge is 2.31. The number of anilines is 1. The molecule has 4 N–H and O–H groups in total. The van der Waals surface area contributed by atoms with E-state index in [4.69, 9.17) is 5.73 Å². The van der Waals surface area contributed by atoms with Gasteiger partial charge in [0.2, 0.25) is 0 Å². The first-order chi connectivity index (χ1) is 9.17. The van der Waals surface area contributed by atoms with E-state index in [0.717, 1.165) is 25.7 Å². The highest BCUT2D eigenvalue weighted by molar-refractivity contribution is 5.99. The van der Waals surface area contributed by atoms with E-state index in [0.29, 0.717) is 17.8 Å². The molecule has 19 heavy (non-hydrogen) atoms. The number of nitrogen functional groups attached to an aromatic ring is 1. The Balaban J connectivity index is 1.98. The highest BCUT2D eigenvalue weighted by Crippen LogP contribution is 2.35. The van der Waals surface area contributed by atoms with Gasteiger partial charge in [-0.3, -0.25) is 4.79 Å². The molecular weight excluding hydrogens is 240 g/mol. The number of carbonyl (C=O) groups is 1. The first-order valence-corrected chi connectivity index (χ1v) is 6.90. The minimum Gasteiger partial charge on any atom is -0.398 e. The van der Waals surface area contributed by atoms with Crippen LogP contribution in [0.1, 0.15) is 42.5 Å². The average Bonchev–Trinajstić information content (AvgIpc) is 2.46. The third kappa shape index (κ3) is 3.26. The molecular formula is C15H22N2O2. The number of hydrogen-bond donors (Lipinski definition) is 3. The normalized spacial score (nSPS) is 17.9. The van der Waals surface area contributed by atoms with Crippen molar-refractivity contribution in [3.8, 4) is 0 Å². The van der Waals surface area contributed by atoms with Gasteiger partial charge in [0.15, 0.2) is 0 Å². The maximum atomic E-state index is 12.1. The van der Waals surface area contributed by atoms with Crippen molar-refractivity contribution in [1.29, 1.82) is 0 Å². The van der Waals surface area contributed by atoms with Gasteiger partial charge in [-0.1, -0.05) is 31.4 Å². The minimum atomic E-state index is -0.156. The van der Waals surface area contributed by atoms with Gasteiger partial charge in [0, 0.05) is 17.6 Å². The van der Waals surface area contributed by atoms with Gasteiger partial charge in [-0.05, 0) is 25.0 Å². The Morgan fingerprint density at radius 2 is 1.95 bits per heavy atom. The average molecular weight is 262 g/mol. The molecule has 0 radical (unpaired) electrons. The molecule has 1 saturated carbocycles. The van der Waals surface area contributed by atoms with Crippen molar-refractivity contribution in [2.45, 2.75) is 32.1 Å². The fourth-order valence-corrected chi connectivity index (χ4v) is 2.76. The zero-order valence-corrected chi connectivity index (χ0v) is 11.2. The molecule has 1 aliphatic rings. The van der Waals surface area contributed by atoms with E-state index in [1.807, 2.05) is 6.07 Å². The maximum absolute atomic E-state index is 12.1. The molecule has 0 saturated heterocycles. The van der Waals surface area contributed by atoms with Gasteiger partial charge in [-0.25, -0.2) is 0 Å². The van der Waals surface area contributed by atoms with Gasteiger partial charge in [-0.15, -0.1) is 0 Å². The molecule has 1 aromatic rings. The van der Waals surface area contributed by atoms with E-state index in [1.54, 1.807) is 18.2 Å². The summed E-state index contributed by atoms with van der Waals surface area (Å²) in [4.78, 5) is 12.1. The molecule has 104 valence electrons. The Bertz CT molecular complexity index is 440. The molecule has 0 aromatic heterocycles. The lowest BCUT2D eigenvalue weighted by atomic mass is 9.74. The van der Waals surface area contributed by atoms with Crippen LogP contribution in [-0.2, 0) is 0 Å². The number of para-hydroxylation sites is 1. The lowest BCUT2D eigenvalue weighted by Crippen LogP contribution is -2.41. The van der Waals surface area contributed by atoms with Crippen LogP contribution in [0, 0.1) is 5.41 Å². The fourth-order valence-electron chi connectivity index (χ4n) is 2.76. The number of nitrogens with one attached hydrogen (secondary N) is 1. The summed E-state index contributed by atoms with van der Waals surface area (Å²) in [5, 5.41) is 12.5. The smallest absolute Gasteiger partial charge is 0.253 e. The number of hydrogen-bond acceptors (Lipinski definition) is 3. The van der Waals surface area contributed by atoms with Crippen LogP contribution in [-0.4, -0.2) is 24.2 Å². The van der Waals surface area contributed by atoms with E-state index in [9.17, 15) is 9.90 Å². The number of carbonyl (C=O) groups excluding carboxylic acids is 1. The lowest BCUT2D eigenvalue weighted by molar-refractivity contribution is 0.0718. The second kappa shape index (κ2) is 6.06. The summed E-state index contributed by atoms with van der Waals surface area (Å²) in [5.41, 5.74) is 6.64. The van der Waals surface area contributed by atoms with Gasteiger partial charge >= 0.3 is 0 Å². The van der Waals surface area contributed by atoms with Crippen LogP contribution in [0.3, 0.4) is 0 Å². The van der Waals surface area contributed by atoms with Gasteiger partial charge in [0.05, 0.1) is 12.2 Å². The number of amides is 1. The Morgan fingerprint density at radius 1 is 1.26 bits per heavy atom. The largest absolute Gasteiger partial charge is 0.398 e. The van der Waals surface area contributed by atoms with E-state index >= 15 is 0 Å². The summed E-state index contributed by atoms with van der Waals surface area (Å²) >= 11 is 0. The highest BCUT2D eigenvalue weighted by atomic mass is 16.3. The molecule has 2 rings (SSSR count). The number of rotatable bonds is 4. The molecule has 0 aliphatic heterocycles. The summed E-state index contributed by atoms with van der Waals surface area (Å²) in [6, 6.07) is 7.05. The van der Waals surface area contributed by atoms with E-state index in [2.05, 4.69) is 5.32 Å². The van der Waals surface area contributed by atoms with Crippen LogP contribution in [0.4, 0.5) is 5.69 Å². The molecule has 0 heterocycles.